The molecule has 2 rings (SSSR count). The first kappa shape index (κ1) is 9.12. The van der Waals surface area contributed by atoms with Crippen molar-refractivity contribution in [3.8, 4) is 10.6 Å². The van der Waals surface area contributed by atoms with E-state index in [1.807, 2.05) is 18.2 Å². The van der Waals surface area contributed by atoms with Crippen molar-refractivity contribution in [2.75, 3.05) is 0 Å². The Kier molecular flexibility index (Phi) is 2.62. The number of rotatable bonds is 1. The van der Waals surface area contributed by atoms with Crippen LogP contribution in [0.5, 0.6) is 0 Å². The van der Waals surface area contributed by atoms with E-state index in [2.05, 4.69) is 25.9 Å². The van der Waals surface area contributed by atoms with Crippen LogP contribution in [0.2, 0.25) is 5.28 Å². The van der Waals surface area contributed by atoms with E-state index in [0.29, 0.717) is 0 Å². The molecule has 0 spiro atoms. The molecule has 2 aromatic heterocycles. The molecule has 5 heteroatoms. The molecule has 0 amide bonds. The van der Waals surface area contributed by atoms with E-state index >= 15 is 0 Å². The molecule has 0 aromatic carbocycles. The molecular weight excluding hydrogens is 272 g/mol. The van der Waals surface area contributed by atoms with E-state index in [0.717, 1.165) is 14.4 Å². The Labute approximate surface area is 92.7 Å². The van der Waals surface area contributed by atoms with Crippen molar-refractivity contribution in [1.82, 2.24) is 9.97 Å². The third-order valence-electron chi connectivity index (χ3n) is 1.45. The average Bonchev–Trinajstić information content (AvgIpc) is 2.52. The predicted octanol–water partition coefficient (Wildman–Crippen LogP) is 3.62. The Morgan fingerprint density at radius 2 is 2.15 bits per heavy atom. The van der Waals surface area contributed by atoms with Crippen LogP contribution >= 0.6 is 38.9 Å². The smallest absolute Gasteiger partial charge is 0.222 e. The maximum absolute atomic E-state index is 5.67. The summed E-state index contributed by atoms with van der Waals surface area (Å²) in [6.45, 7) is 0. The standard InChI is InChI=1S/C8H4BrClN2S/c9-7-2-1-6(13-7)5-3-4-11-8(10)12-5/h1-4H. The molecule has 0 bridgehead atoms. The summed E-state index contributed by atoms with van der Waals surface area (Å²) in [5.41, 5.74) is 0.857. The third kappa shape index (κ3) is 2.07. The zero-order valence-electron chi connectivity index (χ0n) is 6.37. The summed E-state index contributed by atoms with van der Waals surface area (Å²) in [5, 5.41) is 0.280. The maximum atomic E-state index is 5.67. The summed E-state index contributed by atoms with van der Waals surface area (Å²) in [4.78, 5) is 9.00. The molecule has 0 unspecified atom stereocenters. The van der Waals surface area contributed by atoms with Gasteiger partial charge in [0.1, 0.15) is 0 Å². The van der Waals surface area contributed by atoms with Crippen LogP contribution in [0.25, 0.3) is 10.6 Å². The molecule has 0 aliphatic rings. The molecule has 0 fully saturated rings. The molecule has 0 aliphatic heterocycles. The van der Waals surface area contributed by atoms with Crippen LogP contribution in [0.15, 0.2) is 28.2 Å². The second-order valence-electron chi connectivity index (χ2n) is 2.31. The van der Waals surface area contributed by atoms with Gasteiger partial charge in [-0.05, 0) is 45.7 Å². The molecule has 13 heavy (non-hydrogen) atoms. The minimum atomic E-state index is 0.280. The lowest BCUT2D eigenvalue weighted by molar-refractivity contribution is 1.18. The Balaban J connectivity index is 2.46. The van der Waals surface area contributed by atoms with Crippen LogP contribution in [-0.4, -0.2) is 9.97 Å². The van der Waals surface area contributed by atoms with Gasteiger partial charge in [0.2, 0.25) is 5.28 Å². The first-order valence-corrected chi connectivity index (χ1v) is 5.49. The normalized spacial score (nSPS) is 10.3. The molecule has 2 nitrogen and oxygen atoms in total. The van der Waals surface area contributed by atoms with Crippen molar-refractivity contribution >= 4 is 38.9 Å². The van der Waals surface area contributed by atoms with E-state index in [1.54, 1.807) is 17.5 Å². The van der Waals surface area contributed by atoms with Gasteiger partial charge in [-0.3, -0.25) is 0 Å². The Hall–Kier alpha value is -0.450. The van der Waals surface area contributed by atoms with Gasteiger partial charge in [0, 0.05) is 6.20 Å². The lowest BCUT2D eigenvalue weighted by Gasteiger charge is -1.94. The minimum absolute atomic E-state index is 0.280. The summed E-state index contributed by atoms with van der Waals surface area (Å²) in [5.74, 6) is 0. The van der Waals surface area contributed by atoms with Crippen molar-refractivity contribution in [2.45, 2.75) is 0 Å². The number of hydrogen-bond acceptors (Lipinski definition) is 3. The molecular formula is C8H4BrClN2S. The molecule has 0 aliphatic carbocycles. The van der Waals surface area contributed by atoms with Gasteiger partial charge in [-0.15, -0.1) is 11.3 Å². The summed E-state index contributed by atoms with van der Waals surface area (Å²) in [6, 6.07) is 5.81. The van der Waals surface area contributed by atoms with Gasteiger partial charge in [-0.25, -0.2) is 9.97 Å². The number of nitrogens with zero attached hydrogens (tertiary/aromatic N) is 2. The van der Waals surface area contributed by atoms with E-state index in [-0.39, 0.29) is 5.28 Å². The lowest BCUT2D eigenvalue weighted by atomic mass is 10.3. The average molecular weight is 276 g/mol. The molecule has 0 atom stereocenters. The monoisotopic (exact) mass is 274 g/mol. The van der Waals surface area contributed by atoms with Crippen LogP contribution < -0.4 is 0 Å². The molecule has 0 saturated carbocycles. The molecule has 2 aromatic rings. The van der Waals surface area contributed by atoms with Crippen LogP contribution in [0.4, 0.5) is 0 Å². The highest BCUT2D eigenvalue weighted by molar-refractivity contribution is 9.11. The Bertz CT molecular complexity index is 430. The first-order valence-electron chi connectivity index (χ1n) is 3.50. The van der Waals surface area contributed by atoms with Gasteiger partial charge in [-0.1, -0.05) is 0 Å². The minimum Gasteiger partial charge on any atom is -0.226 e. The van der Waals surface area contributed by atoms with Crippen LogP contribution in [0.1, 0.15) is 0 Å². The van der Waals surface area contributed by atoms with Gasteiger partial charge >= 0.3 is 0 Å². The highest BCUT2D eigenvalue weighted by Crippen LogP contribution is 2.29. The quantitative estimate of drug-likeness (QED) is 0.743. The van der Waals surface area contributed by atoms with Gasteiger partial charge in [0.25, 0.3) is 0 Å². The van der Waals surface area contributed by atoms with Gasteiger partial charge < -0.3 is 0 Å². The fraction of sp³-hybridized carbons (Fsp3) is 0. The van der Waals surface area contributed by atoms with Crippen LogP contribution in [-0.2, 0) is 0 Å². The van der Waals surface area contributed by atoms with Gasteiger partial charge in [0.05, 0.1) is 14.4 Å². The summed E-state index contributed by atoms with van der Waals surface area (Å²) in [7, 11) is 0. The van der Waals surface area contributed by atoms with E-state index < -0.39 is 0 Å². The van der Waals surface area contributed by atoms with Gasteiger partial charge in [-0.2, -0.15) is 0 Å². The third-order valence-corrected chi connectivity index (χ3v) is 3.28. The topological polar surface area (TPSA) is 25.8 Å². The van der Waals surface area contributed by atoms with Crippen molar-refractivity contribution in [3.05, 3.63) is 33.5 Å². The Morgan fingerprint density at radius 3 is 2.77 bits per heavy atom. The zero-order chi connectivity index (χ0) is 9.26. The van der Waals surface area contributed by atoms with Crippen molar-refractivity contribution in [3.63, 3.8) is 0 Å². The van der Waals surface area contributed by atoms with Crippen molar-refractivity contribution in [2.24, 2.45) is 0 Å². The number of aromatic nitrogens is 2. The van der Waals surface area contributed by atoms with Crippen molar-refractivity contribution < 1.29 is 0 Å². The fourth-order valence-corrected chi connectivity index (χ4v) is 2.43. The Morgan fingerprint density at radius 1 is 1.31 bits per heavy atom. The molecule has 0 saturated heterocycles. The number of thiophene rings is 1. The van der Waals surface area contributed by atoms with Crippen LogP contribution in [0.3, 0.4) is 0 Å². The van der Waals surface area contributed by atoms with Gasteiger partial charge in [0.15, 0.2) is 0 Å². The van der Waals surface area contributed by atoms with Crippen LogP contribution in [0, 0.1) is 0 Å². The summed E-state index contributed by atoms with van der Waals surface area (Å²) in [6.07, 6.45) is 1.65. The first-order chi connectivity index (χ1) is 6.25. The summed E-state index contributed by atoms with van der Waals surface area (Å²) < 4.78 is 1.08. The van der Waals surface area contributed by atoms with E-state index in [1.165, 1.54) is 0 Å². The molecule has 66 valence electrons. The van der Waals surface area contributed by atoms with E-state index in [9.17, 15) is 0 Å². The van der Waals surface area contributed by atoms with E-state index in [4.69, 9.17) is 11.6 Å². The highest BCUT2D eigenvalue weighted by Gasteiger charge is 2.02. The molecule has 0 radical (unpaired) electrons. The molecule has 0 N–H and O–H groups in total. The largest absolute Gasteiger partial charge is 0.226 e. The highest BCUT2D eigenvalue weighted by atomic mass is 79.9. The summed E-state index contributed by atoms with van der Waals surface area (Å²) >= 11 is 10.7. The SMILES string of the molecule is Clc1nccc(-c2ccc(Br)s2)n1. The zero-order valence-corrected chi connectivity index (χ0v) is 9.53. The number of hydrogen-bond donors (Lipinski definition) is 0. The second-order valence-corrected chi connectivity index (χ2v) is 5.12. The lowest BCUT2D eigenvalue weighted by Crippen LogP contribution is -1.83. The fourth-order valence-electron chi connectivity index (χ4n) is 0.924. The second kappa shape index (κ2) is 3.74. The number of halogens is 2. The molecule has 2 heterocycles. The maximum Gasteiger partial charge on any atom is 0.222 e. The van der Waals surface area contributed by atoms with Crippen molar-refractivity contribution in [1.29, 1.82) is 0 Å². The predicted molar refractivity (Wildman–Crippen MR) is 58.1 cm³/mol.